The molecule has 1 fully saturated rings. The van der Waals surface area contributed by atoms with E-state index in [2.05, 4.69) is 10.3 Å². The molecule has 0 bridgehead atoms. The Kier molecular flexibility index (Phi) is 3.46. The number of methoxy groups -OCH3 is 1. The molecule has 6 heteroatoms. The number of benzene rings is 1. The minimum atomic E-state index is -1.33. The summed E-state index contributed by atoms with van der Waals surface area (Å²) in [6, 6.07) is 5.26. The summed E-state index contributed by atoms with van der Waals surface area (Å²) < 4.78 is 5.46. The Labute approximate surface area is 122 Å². The second-order valence-corrected chi connectivity index (χ2v) is 5.72. The van der Waals surface area contributed by atoms with E-state index in [0.717, 1.165) is 19.4 Å². The van der Waals surface area contributed by atoms with E-state index in [1.165, 1.54) is 0 Å². The smallest absolute Gasteiger partial charge is 0.155 e. The Morgan fingerprint density at radius 1 is 1.55 bits per heavy atom. The normalized spacial score (nSPS) is 32.9. The van der Waals surface area contributed by atoms with Crippen LogP contribution in [0.15, 0.2) is 23.2 Å². The van der Waals surface area contributed by atoms with Crippen LogP contribution >= 0.6 is 11.6 Å². The van der Waals surface area contributed by atoms with Crippen molar-refractivity contribution < 1.29 is 9.84 Å². The van der Waals surface area contributed by atoms with Crippen LogP contribution in [0.4, 0.5) is 5.69 Å². The molecule has 0 radical (unpaired) electrons. The number of hydrogen-bond acceptors (Lipinski definition) is 5. The Bertz CT molecular complexity index is 563. The summed E-state index contributed by atoms with van der Waals surface area (Å²) in [6.45, 7) is 0.866. The van der Waals surface area contributed by atoms with Crippen molar-refractivity contribution in [3.8, 4) is 0 Å². The largest absolute Gasteiger partial charge is 0.384 e. The number of fused-ring (bicyclic) bond motifs is 1. The van der Waals surface area contributed by atoms with E-state index in [4.69, 9.17) is 22.1 Å². The van der Waals surface area contributed by atoms with Gasteiger partial charge in [0.2, 0.25) is 0 Å². The van der Waals surface area contributed by atoms with E-state index in [-0.39, 0.29) is 18.0 Å². The summed E-state index contributed by atoms with van der Waals surface area (Å²) >= 11 is 6.06. The van der Waals surface area contributed by atoms with Gasteiger partial charge in [0.05, 0.1) is 5.69 Å². The predicted octanol–water partition coefficient (Wildman–Crippen LogP) is 1.50. The lowest BCUT2D eigenvalue weighted by Crippen LogP contribution is -2.56. The first kappa shape index (κ1) is 13.8. The number of aliphatic imine (C=N–C) groups is 1. The molecule has 0 amide bonds. The maximum absolute atomic E-state index is 11.2. The third-order valence-corrected chi connectivity index (χ3v) is 4.43. The quantitative estimate of drug-likeness (QED) is 0.772. The predicted molar refractivity (Wildman–Crippen MR) is 78.2 cm³/mol. The van der Waals surface area contributed by atoms with E-state index >= 15 is 0 Å². The molecule has 3 rings (SSSR count). The van der Waals surface area contributed by atoms with E-state index in [1.54, 1.807) is 25.3 Å². The topological polar surface area (TPSA) is 79.9 Å². The lowest BCUT2D eigenvalue weighted by Gasteiger charge is -2.41. The Balaban J connectivity index is 2.07. The van der Waals surface area contributed by atoms with Gasteiger partial charge in [-0.2, -0.15) is 0 Å². The van der Waals surface area contributed by atoms with Gasteiger partial charge < -0.3 is 15.6 Å². The first-order valence-electron chi connectivity index (χ1n) is 6.70. The number of aliphatic hydroxyl groups is 1. The zero-order chi connectivity index (χ0) is 14.3. The molecular weight excluding hydrogens is 278 g/mol. The SMILES string of the molecule is COC1NCCCC1C1(O)C(N)=Nc2ccc(Cl)cc21. The highest BCUT2D eigenvalue weighted by molar-refractivity contribution is 6.30. The van der Waals surface area contributed by atoms with Crippen LogP contribution < -0.4 is 11.1 Å². The molecule has 2 aliphatic heterocycles. The Morgan fingerprint density at radius 2 is 2.35 bits per heavy atom. The molecule has 0 spiro atoms. The van der Waals surface area contributed by atoms with Crippen LogP contribution in [0, 0.1) is 5.92 Å². The van der Waals surface area contributed by atoms with Gasteiger partial charge in [0.25, 0.3) is 0 Å². The third kappa shape index (κ3) is 1.93. The van der Waals surface area contributed by atoms with Gasteiger partial charge in [0.1, 0.15) is 12.1 Å². The van der Waals surface area contributed by atoms with Crippen molar-refractivity contribution in [1.29, 1.82) is 0 Å². The molecule has 0 saturated carbocycles. The van der Waals surface area contributed by atoms with Crippen LogP contribution in [0.3, 0.4) is 0 Å². The fourth-order valence-electron chi connectivity index (χ4n) is 3.19. The molecule has 1 aromatic rings. The average Bonchev–Trinajstić information content (AvgIpc) is 2.72. The van der Waals surface area contributed by atoms with Gasteiger partial charge in [0.15, 0.2) is 5.60 Å². The van der Waals surface area contributed by atoms with Crippen LogP contribution in [0.2, 0.25) is 5.02 Å². The highest BCUT2D eigenvalue weighted by atomic mass is 35.5. The number of piperidine rings is 1. The summed E-state index contributed by atoms with van der Waals surface area (Å²) in [5.74, 6) is 0.0234. The molecule has 0 aromatic heterocycles. The van der Waals surface area contributed by atoms with E-state index in [1.807, 2.05) is 0 Å². The van der Waals surface area contributed by atoms with Crippen molar-refractivity contribution in [2.75, 3.05) is 13.7 Å². The number of nitrogens with one attached hydrogen (secondary N) is 1. The summed E-state index contributed by atoms with van der Waals surface area (Å²) in [5, 5.41) is 15.0. The van der Waals surface area contributed by atoms with Crippen molar-refractivity contribution in [1.82, 2.24) is 5.32 Å². The summed E-state index contributed by atoms with van der Waals surface area (Å²) in [6.07, 6.45) is 1.51. The van der Waals surface area contributed by atoms with Crippen molar-refractivity contribution in [3.63, 3.8) is 0 Å². The summed E-state index contributed by atoms with van der Waals surface area (Å²) in [4.78, 5) is 4.29. The van der Waals surface area contributed by atoms with Gasteiger partial charge in [-0.15, -0.1) is 0 Å². The van der Waals surface area contributed by atoms with Crippen molar-refractivity contribution in [2.45, 2.75) is 24.7 Å². The van der Waals surface area contributed by atoms with E-state index < -0.39 is 5.60 Å². The molecule has 2 aliphatic rings. The Hall–Kier alpha value is -1.14. The molecule has 5 nitrogen and oxygen atoms in total. The number of halogens is 1. The molecule has 0 aliphatic carbocycles. The molecule has 108 valence electrons. The minimum absolute atomic E-state index is 0.190. The lowest BCUT2D eigenvalue weighted by atomic mass is 9.76. The molecular formula is C14H18ClN3O2. The van der Waals surface area contributed by atoms with Crippen LogP contribution in [-0.2, 0) is 10.3 Å². The zero-order valence-corrected chi connectivity index (χ0v) is 12.0. The molecule has 1 saturated heterocycles. The van der Waals surface area contributed by atoms with Gasteiger partial charge in [-0.25, -0.2) is 4.99 Å². The molecule has 4 N–H and O–H groups in total. The van der Waals surface area contributed by atoms with Crippen molar-refractivity contribution in [3.05, 3.63) is 28.8 Å². The van der Waals surface area contributed by atoms with Gasteiger partial charge in [-0.3, -0.25) is 5.32 Å². The van der Waals surface area contributed by atoms with Gasteiger partial charge in [-0.05, 0) is 37.6 Å². The fourth-order valence-corrected chi connectivity index (χ4v) is 3.36. The number of amidine groups is 1. The maximum atomic E-state index is 11.2. The highest BCUT2D eigenvalue weighted by Gasteiger charge is 2.51. The van der Waals surface area contributed by atoms with Crippen molar-refractivity contribution in [2.24, 2.45) is 16.6 Å². The number of nitrogens with two attached hydrogens (primary N) is 1. The van der Waals surface area contributed by atoms with Crippen LogP contribution in [0.5, 0.6) is 0 Å². The first-order chi connectivity index (χ1) is 9.57. The molecule has 3 unspecified atom stereocenters. The monoisotopic (exact) mass is 295 g/mol. The highest BCUT2D eigenvalue weighted by Crippen LogP contribution is 2.46. The molecule has 20 heavy (non-hydrogen) atoms. The van der Waals surface area contributed by atoms with E-state index in [0.29, 0.717) is 16.3 Å². The molecule has 3 atom stereocenters. The second-order valence-electron chi connectivity index (χ2n) is 5.28. The summed E-state index contributed by atoms with van der Waals surface area (Å²) in [7, 11) is 1.63. The first-order valence-corrected chi connectivity index (χ1v) is 7.08. The standard InChI is InChI=1S/C14H18ClN3O2/c1-20-12-9(3-2-6-17-12)14(19)10-7-8(15)4-5-11(10)18-13(14)16/h4-5,7,9,12,17,19H,2-3,6H2,1H3,(H2,16,18). The van der Waals surface area contributed by atoms with Crippen LogP contribution in [0.1, 0.15) is 18.4 Å². The van der Waals surface area contributed by atoms with Gasteiger partial charge >= 0.3 is 0 Å². The lowest BCUT2D eigenvalue weighted by molar-refractivity contribution is -0.0767. The number of hydrogen-bond donors (Lipinski definition) is 3. The average molecular weight is 296 g/mol. The number of ether oxygens (including phenoxy) is 1. The van der Waals surface area contributed by atoms with Crippen molar-refractivity contribution >= 4 is 23.1 Å². The van der Waals surface area contributed by atoms with Crippen LogP contribution in [0.25, 0.3) is 0 Å². The second kappa shape index (κ2) is 5.00. The third-order valence-electron chi connectivity index (χ3n) is 4.19. The molecule has 2 heterocycles. The van der Waals surface area contributed by atoms with E-state index in [9.17, 15) is 5.11 Å². The summed E-state index contributed by atoms with van der Waals surface area (Å²) in [5.41, 5.74) is 6.05. The minimum Gasteiger partial charge on any atom is -0.384 e. The van der Waals surface area contributed by atoms with Gasteiger partial charge in [-0.1, -0.05) is 11.6 Å². The van der Waals surface area contributed by atoms with Crippen LogP contribution in [-0.4, -0.2) is 30.8 Å². The number of rotatable bonds is 2. The Morgan fingerprint density at radius 3 is 3.10 bits per heavy atom. The fraction of sp³-hybridized carbons (Fsp3) is 0.500. The zero-order valence-electron chi connectivity index (χ0n) is 11.3. The molecule has 1 aromatic carbocycles. The maximum Gasteiger partial charge on any atom is 0.155 e. The number of nitrogens with zero attached hydrogens (tertiary/aromatic N) is 1. The van der Waals surface area contributed by atoms with Gasteiger partial charge in [0, 0.05) is 23.6 Å².